The van der Waals surface area contributed by atoms with Crippen LogP contribution < -0.4 is 5.32 Å². The molecule has 0 spiro atoms. The first-order valence-corrected chi connectivity index (χ1v) is 12.4. The van der Waals surface area contributed by atoms with Gasteiger partial charge in [0.1, 0.15) is 12.2 Å². The standard InChI is InChI=1S/C25H28BrN5O5/c1-28-16-22(32)30-20(10-11-23(33)34)24(35)29(14-18-8-5-9-19(26)12-18)15-21(30)31(28)25(36)27-13-17-6-3-2-4-7-17/h2-9,12,20-21H,10-11,13-16H2,1H3,(H,27,36)(H,33,34)/t20-,21-/m0/s1. The monoisotopic (exact) mass is 557 g/mol. The van der Waals surface area contributed by atoms with Crippen LogP contribution in [0.2, 0.25) is 0 Å². The van der Waals surface area contributed by atoms with Crippen LogP contribution in [0.4, 0.5) is 4.79 Å². The number of urea groups is 1. The Labute approximate surface area is 217 Å². The number of carbonyl (C=O) groups excluding carboxylic acids is 3. The summed E-state index contributed by atoms with van der Waals surface area (Å²) >= 11 is 3.44. The van der Waals surface area contributed by atoms with Crippen LogP contribution in [0.25, 0.3) is 0 Å². The zero-order valence-electron chi connectivity index (χ0n) is 19.8. The third-order valence-electron chi connectivity index (χ3n) is 6.33. The normalized spacial score (nSPS) is 20.3. The lowest BCUT2D eigenvalue weighted by Gasteiger charge is -2.54. The van der Waals surface area contributed by atoms with Gasteiger partial charge in [-0.25, -0.2) is 14.8 Å². The molecule has 0 aromatic heterocycles. The van der Waals surface area contributed by atoms with E-state index in [-0.39, 0.29) is 44.3 Å². The molecule has 4 amide bonds. The molecule has 0 aliphatic carbocycles. The van der Waals surface area contributed by atoms with Gasteiger partial charge in [-0.2, -0.15) is 0 Å². The van der Waals surface area contributed by atoms with Crippen molar-refractivity contribution in [1.29, 1.82) is 0 Å². The van der Waals surface area contributed by atoms with Crippen LogP contribution in [-0.2, 0) is 27.5 Å². The Morgan fingerprint density at radius 3 is 2.50 bits per heavy atom. The summed E-state index contributed by atoms with van der Waals surface area (Å²) < 4.78 is 0.864. The molecule has 0 radical (unpaired) electrons. The molecule has 0 unspecified atom stereocenters. The number of hydrogen-bond donors (Lipinski definition) is 2. The number of fused-ring (bicyclic) bond motifs is 1. The lowest BCUT2D eigenvalue weighted by molar-refractivity contribution is -0.188. The van der Waals surface area contributed by atoms with Crippen molar-refractivity contribution < 1.29 is 24.3 Å². The molecule has 4 rings (SSSR count). The molecule has 2 aromatic rings. The van der Waals surface area contributed by atoms with Crippen molar-refractivity contribution in [2.75, 3.05) is 20.1 Å². The SMILES string of the molecule is CN1CC(=O)N2[C@@H](CCC(=O)O)C(=O)N(Cc3cccc(Br)c3)C[C@@H]2N1C(=O)NCc1ccccc1. The molecule has 2 fully saturated rings. The zero-order chi connectivity index (χ0) is 25.8. The van der Waals surface area contributed by atoms with Gasteiger partial charge in [-0.3, -0.25) is 14.4 Å². The molecule has 0 saturated carbocycles. The molecule has 2 aliphatic heterocycles. The maximum atomic E-state index is 13.5. The highest BCUT2D eigenvalue weighted by Gasteiger charge is 2.50. The van der Waals surface area contributed by atoms with E-state index in [9.17, 15) is 24.3 Å². The minimum Gasteiger partial charge on any atom is -0.481 e. The number of hydrogen-bond acceptors (Lipinski definition) is 5. The predicted molar refractivity (Wildman–Crippen MR) is 134 cm³/mol. The highest BCUT2D eigenvalue weighted by molar-refractivity contribution is 9.10. The summed E-state index contributed by atoms with van der Waals surface area (Å²) in [6, 6.07) is 15.6. The highest BCUT2D eigenvalue weighted by atomic mass is 79.9. The number of nitrogens with zero attached hydrogens (tertiary/aromatic N) is 4. The molecule has 2 atom stereocenters. The lowest BCUT2D eigenvalue weighted by atomic mass is 10.0. The van der Waals surface area contributed by atoms with E-state index in [4.69, 9.17) is 0 Å². The summed E-state index contributed by atoms with van der Waals surface area (Å²) in [6.45, 7) is 0.568. The Kier molecular flexibility index (Phi) is 7.90. The summed E-state index contributed by atoms with van der Waals surface area (Å²) in [5.41, 5.74) is 1.80. The van der Waals surface area contributed by atoms with E-state index in [2.05, 4.69) is 21.2 Å². The fourth-order valence-corrected chi connectivity index (χ4v) is 5.14. The van der Waals surface area contributed by atoms with Gasteiger partial charge in [-0.1, -0.05) is 58.4 Å². The summed E-state index contributed by atoms with van der Waals surface area (Å²) in [5.74, 6) is -1.70. The Morgan fingerprint density at radius 1 is 1.08 bits per heavy atom. The van der Waals surface area contributed by atoms with E-state index < -0.39 is 24.2 Å². The minimum absolute atomic E-state index is 0.0332. The number of carbonyl (C=O) groups is 4. The third kappa shape index (κ3) is 5.68. The van der Waals surface area contributed by atoms with Crippen LogP contribution in [-0.4, -0.2) is 81.1 Å². The van der Waals surface area contributed by atoms with Crippen molar-refractivity contribution in [3.05, 3.63) is 70.2 Å². The fourth-order valence-electron chi connectivity index (χ4n) is 4.69. The number of aliphatic carboxylic acids is 1. The van der Waals surface area contributed by atoms with Crippen molar-refractivity contribution in [2.45, 2.75) is 38.1 Å². The van der Waals surface area contributed by atoms with E-state index >= 15 is 0 Å². The van der Waals surface area contributed by atoms with E-state index in [1.165, 1.54) is 9.91 Å². The van der Waals surface area contributed by atoms with Gasteiger partial charge in [-0.15, -0.1) is 0 Å². The van der Waals surface area contributed by atoms with Gasteiger partial charge in [0.15, 0.2) is 0 Å². The van der Waals surface area contributed by atoms with Gasteiger partial charge in [0, 0.05) is 31.0 Å². The van der Waals surface area contributed by atoms with Crippen LogP contribution in [0.5, 0.6) is 0 Å². The number of amides is 4. The minimum atomic E-state index is -1.05. The second kappa shape index (κ2) is 11.1. The van der Waals surface area contributed by atoms with Gasteiger partial charge < -0.3 is 20.2 Å². The van der Waals surface area contributed by atoms with Crippen molar-refractivity contribution >= 4 is 39.7 Å². The zero-order valence-corrected chi connectivity index (χ0v) is 21.4. The molecule has 2 saturated heterocycles. The summed E-state index contributed by atoms with van der Waals surface area (Å²) in [4.78, 5) is 54.2. The number of piperazine rings is 1. The number of nitrogens with one attached hydrogen (secondary N) is 1. The molecule has 0 bridgehead atoms. The van der Waals surface area contributed by atoms with Gasteiger partial charge in [0.05, 0.1) is 13.1 Å². The fraction of sp³-hybridized carbons (Fsp3) is 0.360. The summed E-state index contributed by atoms with van der Waals surface area (Å²) in [7, 11) is 1.65. The lowest BCUT2D eigenvalue weighted by Crippen LogP contribution is -2.75. The Morgan fingerprint density at radius 2 is 1.81 bits per heavy atom. The van der Waals surface area contributed by atoms with Crippen LogP contribution in [0, 0.1) is 0 Å². The number of benzene rings is 2. The number of hydrazine groups is 1. The largest absolute Gasteiger partial charge is 0.481 e. The van der Waals surface area contributed by atoms with E-state index in [0.717, 1.165) is 15.6 Å². The summed E-state index contributed by atoms with van der Waals surface area (Å²) in [6.07, 6.45) is -1.07. The number of carboxylic acid groups (broad SMARTS) is 1. The van der Waals surface area contributed by atoms with Crippen molar-refractivity contribution in [3.8, 4) is 0 Å². The maximum Gasteiger partial charge on any atom is 0.334 e. The Bertz CT molecular complexity index is 1150. The molecule has 10 nitrogen and oxygen atoms in total. The topological polar surface area (TPSA) is 114 Å². The number of likely N-dealkylation sites (N-methyl/N-ethyl adjacent to an activating group) is 1. The summed E-state index contributed by atoms with van der Waals surface area (Å²) in [5, 5.41) is 15.2. The number of halogens is 1. The van der Waals surface area contributed by atoms with Gasteiger partial charge in [0.25, 0.3) is 0 Å². The van der Waals surface area contributed by atoms with Crippen LogP contribution in [0.3, 0.4) is 0 Å². The van der Waals surface area contributed by atoms with E-state index in [1.54, 1.807) is 17.0 Å². The second-order valence-electron chi connectivity index (χ2n) is 8.88. The Hall–Kier alpha value is -3.44. The Balaban J connectivity index is 1.61. The second-order valence-corrected chi connectivity index (χ2v) is 9.80. The van der Waals surface area contributed by atoms with Crippen molar-refractivity contribution in [2.24, 2.45) is 0 Å². The predicted octanol–water partition coefficient (Wildman–Crippen LogP) is 2.25. The molecular weight excluding hydrogens is 530 g/mol. The van der Waals surface area contributed by atoms with E-state index in [0.29, 0.717) is 6.54 Å². The van der Waals surface area contributed by atoms with E-state index in [1.807, 2.05) is 54.6 Å². The average Bonchev–Trinajstić information content (AvgIpc) is 2.83. The average molecular weight is 558 g/mol. The molecule has 2 aromatic carbocycles. The first-order valence-electron chi connectivity index (χ1n) is 11.6. The smallest absolute Gasteiger partial charge is 0.334 e. The molecule has 190 valence electrons. The van der Waals surface area contributed by atoms with Crippen LogP contribution >= 0.6 is 15.9 Å². The molecule has 36 heavy (non-hydrogen) atoms. The van der Waals surface area contributed by atoms with Crippen LogP contribution in [0.15, 0.2) is 59.1 Å². The molecular formula is C25H28BrN5O5. The molecule has 2 N–H and O–H groups in total. The number of rotatable bonds is 7. The van der Waals surface area contributed by atoms with Crippen LogP contribution in [0.1, 0.15) is 24.0 Å². The molecule has 2 aliphatic rings. The van der Waals surface area contributed by atoms with Crippen molar-refractivity contribution in [3.63, 3.8) is 0 Å². The van der Waals surface area contributed by atoms with Gasteiger partial charge in [-0.05, 0) is 29.7 Å². The first-order chi connectivity index (χ1) is 17.2. The number of carboxylic acids is 1. The quantitative estimate of drug-likeness (QED) is 0.539. The van der Waals surface area contributed by atoms with Gasteiger partial charge in [0.2, 0.25) is 11.8 Å². The first kappa shape index (κ1) is 25.6. The van der Waals surface area contributed by atoms with Crippen molar-refractivity contribution in [1.82, 2.24) is 25.1 Å². The molecule has 2 heterocycles. The maximum absolute atomic E-state index is 13.5. The van der Waals surface area contributed by atoms with Gasteiger partial charge >= 0.3 is 12.0 Å². The highest BCUT2D eigenvalue weighted by Crippen LogP contribution is 2.29. The third-order valence-corrected chi connectivity index (χ3v) is 6.82. The molecule has 11 heteroatoms.